The number of imide groups is 1. The topological polar surface area (TPSA) is 84.3 Å². The molecule has 0 fully saturated rings. The van der Waals surface area contributed by atoms with Crippen LogP contribution < -0.4 is 10.2 Å². The van der Waals surface area contributed by atoms with Gasteiger partial charge in [-0.15, -0.1) is 0 Å². The molecular weight excluding hydrogens is 392 g/mol. The van der Waals surface area contributed by atoms with Gasteiger partial charge in [-0.05, 0) is 67.6 Å². The first kappa shape index (κ1) is 20.5. The first-order valence-electron chi connectivity index (χ1n) is 10.2. The van der Waals surface area contributed by atoms with Gasteiger partial charge in [0, 0.05) is 25.4 Å². The van der Waals surface area contributed by atoms with Crippen molar-refractivity contribution in [3.8, 4) is 0 Å². The molecule has 0 radical (unpaired) electrons. The number of hydrogen-bond acceptors (Lipinski definition) is 4. The molecule has 3 amide bonds. The number of benzene rings is 2. The van der Waals surface area contributed by atoms with Crippen molar-refractivity contribution in [1.29, 1.82) is 0 Å². The van der Waals surface area contributed by atoms with Gasteiger partial charge in [-0.3, -0.25) is 19.1 Å². The molecule has 0 spiro atoms. The number of rotatable bonds is 6. The van der Waals surface area contributed by atoms with E-state index in [-0.39, 0.29) is 17.4 Å². The van der Waals surface area contributed by atoms with Crippen molar-refractivity contribution in [3.05, 3.63) is 82.2 Å². The minimum absolute atomic E-state index is 0.258. The molecule has 158 valence electrons. The van der Waals surface area contributed by atoms with E-state index in [1.807, 2.05) is 51.5 Å². The Bertz CT molecular complexity index is 1200. The number of hydrogen-bond donors (Lipinski definition) is 1. The Morgan fingerprint density at radius 1 is 1.03 bits per heavy atom. The van der Waals surface area contributed by atoms with Gasteiger partial charge >= 0.3 is 0 Å². The Morgan fingerprint density at radius 3 is 2.55 bits per heavy atom. The molecule has 0 saturated carbocycles. The summed E-state index contributed by atoms with van der Waals surface area (Å²) in [5, 5.41) is 7.01. The van der Waals surface area contributed by atoms with E-state index >= 15 is 0 Å². The lowest BCUT2D eigenvalue weighted by Gasteiger charge is -2.17. The number of carbonyl (C=O) groups excluding carboxylic acids is 3. The van der Waals surface area contributed by atoms with E-state index in [4.69, 9.17) is 0 Å². The van der Waals surface area contributed by atoms with E-state index in [9.17, 15) is 14.4 Å². The maximum atomic E-state index is 13.0. The minimum Gasteiger partial charge on any atom is -0.352 e. The Kier molecular flexibility index (Phi) is 5.42. The second-order valence-electron chi connectivity index (χ2n) is 7.88. The number of nitrogens with zero attached hydrogens (tertiary/aromatic N) is 3. The molecule has 31 heavy (non-hydrogen) atoms. The highest BCUT2D eigenvalue weighted by Gasteiger charge is 2.37. The smallest absolute Gasteiger partial charge is 0.266 e. The predicted molar refractivity (Wildman–Crippen MR) is 117 cm³/mol. The van der Waals surface area contributed by atoms with Crippen LogP contribution in [0.3, 0.4) is 0 Å². The molecule has 1 aliphatic rings. The summed E-state index contributed by atoms with van der Waals surface area (Å²) in [5.41, 5.74) is 4.43. The summed E-state index contributed by atoms with van der Waals surface area (Å²) in [6, 6.07) is 10.3. The number of aromatic nitrogens is 2. The molecule has 0 bridgehead atoms. The first-order valence-corrected chi connectivity index (χ1v) is 10.2. The van der Waals surface area contributed by atoms with Crippen LogP contribution in [0.4, 0.5) is 5.69 Å². The number of nitrogens with one attached hydrogen (secondary N) is 1. The van der Waals surface area contributed by atoms with Crippen molar-refractivity contribution in [3.63, 3.8) is 0 Å². The second-order valence-corrected chi connectivity index (χ2v) is 7.88. The van der Waals surface area contributed by atoms with Gasteiger partial charge in [0.25, 0.3) is 17.7 Å². The van der Waals surface area contributed by atoms with E-state index in [0.717, 1.165) is 29.5 Å². The van der Waals surface area contributed by atoms with Crippen molar-refractivity contribution in [2.45, 2.75) is 26.7 Å². The molecule has 4 rings (SSSR count). The summed E-state index contributed by atoms with van der Waals surface area (Å²) < 4.78 is 1.75. The SMILES string of the molecule is Cc1ccc(C)c(N2C(=O)c3ccc(C(=O)NCCCc4cnn(C)c4)cc3C2=O)c1. The highest BCUT2D eigenvalue weighted by molar-refractivity contribution is 6.35. The van der Waals surface area contributed by atoms with Crippen LogP contribution in [0.25, 0.3) is 0 Å². The maximum absolute atomic E-state index is 13.0. The zero-order valence-corrected chi connectivity index (χ0v) is 17.8. The van der Waals surface area contributed by atoms with Crippen molar-refractivity contribution in [1.82, 2.24) is 15.1 Å². The second kappa shape index (κ2) is 8.18. The molecule has 1 aromatic heterocycles. The molecule has 0 aliphatic carbocycles. The predicted octanol–water partition coefficient (Wildman–Crippen LogP) is 3.20. The fraction of sp³-hybridized carbons (Fsp3) is 0.250. The van der Waals surface area contributed by atoms with Gasteiger partial charge in [0.2, 0.25) is 0 Å². The monoisotopic (exact) mass is 416 g/mol. The van der Waals surface area contributed by atoms with Crippen LogP contribution in [0.15, 0.2) is 48.8 Å². The van der Waals surface area contributed by atoms with Crippen LogP contribution in [0.5, 0.6) is 0 Å². The van der Waals surface area contributed by atoms with Crippen molar-refractivity contribution >= 4 is 23.4 Å². The van der Waals surface area contributed by atoms with E-state index in [2.05, 4.69) is 10.4 Å². The number of amides is 3. The third kappa shape index (κ3) is 3.99. The number of anilines is 1. The zero-order valence-electron chi connectivity index (χ0n) is 17.8. The average Bonchev–Trinajstić information content (AvgIpc) is 3.27. The van der Waals surface area contributed by atoms with Crippen molar-refractivity contribution in [2.75, 3.05) is 11.4 Å². The maximum Gasteiger partial charge on any atom is 0.266 e. The summed E-state index contributed by atoms with van der Waals surface area (Å²) >= 11 is 0. The van der Waals surface area contributed by atoms with E-state index in [0.29, 0.717) is 23.4 Å². The summed E-state index contributed by atoms with van der Waals surface area (Å²) in [6.07, 6.45) is 5.36. The lowest BCUT2D eigenvalue weighted by molar-refractivity contribution is 0.0923. The Labute approximate surface area is 180 Å². The third-order valence-corrected chi connectivity index (χ3v) is 5.44. The zero-order chi connectivity index (χ0) is 22.1. The summed E-state index contributed by atoms with van der Waals surface area (Å²) in [5.74, 6) is -1.03. The standard InChI is InChI=1S/C24H24N4O3/c1-15-6-7-16(2)21(11-15)28-23(30)19-9-8-18(12-20(19)24(28)31)22(29)25-10-4-5-17-13-26-27(3)14-17/h6-9,11-14H,4-5,10H2,1-3H3,(H,25,29). The summed E-state index contributed by atoms with van der Waals surface area (Å²) in [4.78, 5) is 39.7. The van der Waals surface area contributed by atoms with Gasteiger partial charge in [0.05, 0.1) is 23.0 Å². The molecule has 2 heterocycles. The van der Waals surface area contributed by atoms with Gasteiger partial charge in [0.1, 0.15) is 0 Å². The number of fused-ring (bicyclic) bond motifs is 1. The normalized spacial score (nSPS) is 12.9. The van der Waals surface area contributed by atoms with E-state index in [1.54, 1.807) is 16.8 Å². The lowest BCUT2D eigenvalue weighted by Crippen LogP contribution is -2.30. The molecule has 2 aromatic carbocycles. The Balaban J connectivity index is 1.46. The molecule has 1 N–H and O–H groups in total. The third-order valence-electron chi connectivity index (χ3n) is 5.44. The van der Waals surface area contributed by atoms with Crippen molar-refractivity contribution in [2.24, 2.45) is 7.05 Å². The number of carbonyl (C=O) groups is 3. The fourth-order valence-corrected chi connectivity index (χ4v) is 3.76. The van der Waals surface area contributed by atoms with Crippen LogP contribution >= 0.6 is 0 Å². The molecule has 0 atom stereocenters. The highest BCUT2D eigenvalue weighted by atomic mass is 16.2. The molecule has 7 nitrogen and oxygen atoms in total. The van der Waals surface area contributed by atoms with Crippen LogP contribution in [-0.2, 0) is 13.5 Å². The molecule has 0 saturated heterocycles. The van der Waals surface area contributed by atoms with Gasteiger partial charge in [0.15, 0.2) is 0 Å². The molecule has 3 aromatic rings. The van der Waals surface area contributed by atoms with Gasteiger partial charge < -0.3 is 5.32 Å². The van der Waals surface area contributed by atoms with Crippen LogP contribution in [0.1, 0.15) is 54.2 Å². The minimum atomic E-state index is -0.403. The van der Waals surface area contributed by atoms with Gasteiger partial charge in [-0.25, -0.2) is 4.90 Å². The Morgan fingerprint density at radius 2 is 1.81 bits per heavy atom. The van der Waals surface area contributed by atoms with E-state index < -0.39 is 5.91 Å². The van der Waals surface area contributed by atoms with E-state index in [1.165, 1.54) is 11.0 Å². The highest BCUT2D eigenvalue weighted by Crippen LogP contribution is 2.31. The van der Waals surface area contributed by atoms with Gasteiger partial charge in [-0.1, -0.05) is 12.1 Å². The Hall–Kier alpha value is -3.74. The summed E-state index contributed by atoms with van der Waals surface area (Å²) in [6.45, 7) is 4.28. The van der Waals surface area contributed by atoms with Crippen LogP contribution in [-0.4, -0.2) is 34.0 Å². The average molecular weight is 416 g/mol. The molecule has 7 heteroatoms. The summed E-state index contributed by atoms with van der Waals surface area (Å²) in [7, 11) is 1.87. The lowest BCUT2D eigenvalue weighted by atomic mass is 10.1. The molecule has 0 unspecified atom stereocenters. The van der Waals surface area contributed by atoms with Crippen LogP contribution in [0, 0.1) is 13.8 Å². The fourth-order valence-electron chi connectivity index (χ4n) is 3.76. The quantitative estimate of drug-likeness (QED) is 0.494. The van der Waals surface area contributed by atoms with Gasteiger partial charge in [-0.2, -0.15) is 5.10 Å². The molecule has 1 aliphatic heterocycles. The van der Waals surface area contributed by atoms with Crippen LogP contribution in [0.2, 0.25) is 0 Å². The number of aryl methyl sites for hydroxylation is 4. The largest absolute Gasteiger partial charge is 0.352 e. The molecular formula is C24H24N4O3. The first-order chi connectivity index (χ1) is 14.8. The van der Waals surface area contributed by atoms with Crippen molar-refractivity contribution < 1.29 is 14.4 Å².